The maximum absolute atomic E-state index is 12.2. The minimum absolute atomic E-state index is 0.0347. The Morgan fingerprint density at radius 1 is 1.23 bits per heavy atom. The van der Waals surface area contributed by atoms with Gasteiger partial charge < -0.3 is 5.32 Å². The minimum Gasteiger partial charge on any atom is -0.321 e. The SMILES string of the molecule is Cc1ccc(Cl)cc1NC(=O)/C(C#N)=C/c1ccccc1Cl. The molecule has 0 aliphatic rings. The molecule has 0 saturated heterocycles. The molecule has 2 aromatic rings. The Labute approximate surface area is 138 Å². The van der Waals surface area contributed by atoms with Crippen molar-refractivity contribution in [2.24, 2.45) is 0 Å². The van der Waals surface area contributed by atoms with E-state index in [0.29, 0.717) is 21.3 Å². The van der Waals surface area contributed by atoms with Crippen molar-refractivity contribution in [1.29, 1.82) is 5.26 Å². The number of aryl methyl sites for hydroxylation is 1. The Bertz CT molecular complexity index is 791. The van der Waals surface area contributed by atoms with E-state index in [4.69, 9.17) is 23.2 Å². The van der Waals surface area contributed by atoms with E-state index >= 15 is 0 Å². The highest BCUT2D eigenvalue weighted by Crippen LogP contribution is 2.22. The second kappa shape index (κ2) is 7.13. The maximum Gasteiger partial charge on any atom is 0.266 e. The fraction of sp³-hybridized carbons (Fsp3) is 0.0588. The molecule has 0 radical (unpaired) electrons. The smallest absolute Gasteiger partial charge is 0.266 e. The van der Waals surface area contributed by atoms with E-state index in [9.17, 15) is 10.1 Å². The topological polar surface area (TPSA) is 52.9 Å². The van der Waals surface area contributed by atoms with Crippen molar-refractivity contribution in [3.05, 3.63) is 69.2 Å². The van der Waals surface area contributed by atoms with Crippen molar-refractivity contribution in [2.75, 3.05) is 5.32 Å². The first-order valence-electron chi connectivity index (χ1n) is 6.45. The van der Waals surface area contributed by atoms with E-state index in [-0.39, 0.29) is 5.57 Å². The quantitative estimate of drug-likeness (QED) is 0.646. The number of carbonyl (C=O) groups excluding carboxylic acids is 1. The minimum atomic E-state index is -0.507. The number of hydrogen-bond donors (Lipinski definition) is 1. The highest BCUT2D eigenvalue weighted by molar-refractivity contribution is 6.32. The van der Waals surface area contributed by atoms with Gasteiger partial charge in [0.15, 0.2) is 0 Å². The molecule has 0 fully saturated rings. The molecular weight excluding hydrogens is 319 g/mol. The molecule has 0 unspecified atom stereocenters. The average Bonchev–Trinajstić information content (AvgIpc) is 2.50. The lowest BCUT2D eigenvalue weighted by atomic mass is 10.1. The van der Waals surface area contributed by atoms with Crippen molar-refractivity contribution >= 4 is 40.9 Å². The number of carbonyl (C=O) groups is 1. The van der Waals surface area contributed by atoms with E-state index in [0.717, 1.165) is 5.56 Å². The second-order valence-corrected chi connectivity index (χ2v) is 5.45. The fourth-order valence-corrected chi connectivity index (χ4v) is 2.18. The number of nitriles is 1. The van der Waals surface area contributed by atoms with Gasteiger partial charge in [0.1, 0.15) is 11.6 Å². The zero-order chi connectivity index (χ0) is 16.1. The van der Waals surface area contributed by atoms with Crippen LogP contribution in [0.1, 0.15) is 11.1 Å². The van der Waals surface area contributed by atoms with E-state index in [1.807, 2.05) is 13.0 Å². The van der Waals surface area contributed by atoms with Crippen LogP contribution in [0.25, 0.3) is 6.08 Å². The lowest BCUT2D eigenvalue weighted by Gasteiger charge is -2.08. The largest absolute Gasteiger partial charge is 0.321 e. The highest BCUT2D eigenvalue weighted by Gasteiger charge is 2.12. The van der Waals surface area contributed by atoms with Crippen molar-refractivity contribution in [3.63, 3.8) is 0 Å². The lowest BCUT2D eigenvalue weighted by molar-refractivity contribution is -0.112. The molecule has 0 saturated carbocycles. The van der Waals surface area contributed by atoms with Gasteiger partial charge in [-0.25, -0.2) is 0 Å². The van der Waals surface area contributed by atoms with Crippen LogP contribution in [0.2, 0.25) is 10.0 Å². The van der Waals surface area contributed by atoms with Crippen LogP contribution in [0.15, 0.2) is 48.0 Å². The number of anilines is 1. The van der Waals surface area contributed by atoms with Crippen LogP contribution in [0, 0.1) is 18.3 Å². The normalized spacial score (nSPS) is 10.9. The van der Waals surface area contributed by atoms with Gasteiger partial charge in [-0.15, -0.1) is 0 Å². The Hall–Kier alpha value is -2.28. The van der Waals surface area contributed by atoms with Crippen molar-refractivity contribution in [1.82, 2.24) is 0 Å². The molecular formula is C17H12Cl2N2O. The van der Waals surface area contributed by atoms with Crippen LogP contribution < -0.4 is 5.32 Å². The summed E-state index contributed by atoms with van der Waals surface area (Å²) in [4.78, 5) is 12.2. The number of nitrogens with zero attached hydrogens (tertiary/aromatic N) is 1. The Kier molecular flexibility index (Phi) is 5.21. The van der Waals surface area contributed by atoms with E-state index in [2.05, 4.69) is 5.32 Å². The molecule has 0 aliphatic heterocycles. The standard InChI is InChI=1S/C17H12Cl2N2O/c1-11-6-7-14(18)9-16(11)21-17(22)13(10-20)8-12-4-2-3-5-15(12)19/h2-9H,1H3,(H,21,22)/b13-8+. The van der Waals surface area contributed by atoms with Gasteiger partial charge >= 0.3 is 0 Å². The number of halogens is 2. The van der Waals surface area contributed by atoms with Gasteiger partial charge in [0.05, 0.1) is 0 Å². The molecule has 2 aromatic carbocycles. The molecule has 22 heavy (non-hydrogen) atoms. The Morgan fingerprint density at radius 3 is 2.64 bits per heavy atom. The maximum atomic E-state index is 12.2. The third-order valence-electron chi connectivity index (χ3n) is 3.02. The van der Waals surface area contributed by atoms with Gasteiger partial charge in [-0.3, -0.25) is 4.79 Å². The summed E-state index contributed by atoms with van der Waals surface area (Å²) in [5.41, 5.74) is 2.00. The van der Waals surface area contributed by atoms with Crippen LogP contribution in [-0.2, 0) is 4.79 Å². The van der Waals surface area contributed by atoms with Gasteiger partial charge in [-0.2, -0.15) is 5.26 Å². The molecule has 0 heterocycles. The summed E-state index contributed by atoms with van der Waals surface area (Å²) in [6.45, 7) is 1.84. The first-order valence-corrected chi connectivity index (χ1v) is 7.20. The molecule has 1 amide bonds. The summed E-state index contributed by atoms with van der Waals surface area (Å²) in [6.07, 6.45) is 1.46. The van der Waals surface area contributed by atoms with Crippen LogP contribution in [0.4, 0.5) is 5.69 Å². The van der Waals surface area contributed by atoms with Gasteiger partial charge in [-0.1, -0.05) is 47.5 Å². The Morgan fingerprint density at radius 2 is 1.95 bits per heavy atom. The van der Waals surface area contributed by atoms with Gasteiger partial charge in [-0.05, 0) is 42.3 Å². The van der Waals surface area contributed by atoms with Crippen LogP contribution in [0.3, 0.4) is 0 Å². The van der Waals surface area contributed by atoms with Crippen LogP contribution >= 0.6 is 23.2 Å². The molecule has 1 N–H and O–H groups in total. The van der Waals surface area contributed by atoms with Gasteiger partial charge in [0.25, 0.3) is 5.91 Å². The predicted molar refractivity (Wildman–Crippen MR) is 89.9 cm³/mol. The third kappa shape index (κ3) is 3.88. The van der Waals surface area contributed by atoms with Crippen molar-refractivity contribution in [2.45, 2.75) is 6.92 Å². The van der Waals surface area contributed by atoms with Gasteiger partial charge in [0.2, 0.25) is 0 Å². The van der Waals surface area contributed by atoms with Gasteiger partial charge in [0, 0.05) is 15.7 Å². The van der Waals surface area contributed by atoms with Crippen molar-refractivity contribution < 1.29 is 4.79 Å². The highest BCUT2D eigenvalue weighted by atomic mass is 35.5. The molecule has 0 spiro atoms. The molecule has 0 aliphatic carbocycles. The summed E-state index contributed by atoms with van der Waals surface area (Å²) in [6, 6.07) is 14.0. The monoisotopic (exact) mass is 330 g/mol. The summed E-state index contributed by atoms with van der Waals surface area (Å²) >= 11 is 11.9. The first kappa shape index (κ1) is 16.1. The molecule has 5 heteroatoms. The van der Waals surface area contributed by atoms with E-state index in [1.54, 1.807) is 42.5 Å². The summed E-state index contributed by atoms with van der Waals surface area (Å²) in [5.74, 6) is -0.507. The third-order valence-corrected chi connectivity index (χ3v) is 3.60. The number of hydrogen-bond acceptors (Lipinski definition) is 2. The van der Waals surface area contributed by atoms with E-state index in [1.165, 1.54) is 6.08 Å². The first-order chi connectivity index (χ1) is 10.5. The lowest BCUT2D eigenvalue weighted by Crippen LogP contribution is -2.14. The molecule has 0 aromatic heterocycles. The van der Waals surface area contributed by atoms with Crippen molar-refractivity contribution in [3.8, 4) is 6.07 Å². The number of rotatable bonds is 3. The Balaban J connectivity index is 2.29. The zero-order valence-corrected chi connectivity index (χ0v) is 13.2. The molecule has 0 bridgehead atoms. The number of benzene rings is 2. The zero-order valence-electron chi connectivity index (χ0n) is 11.7. The molecule has 110 valence electrons. The number of nitrogens with one attached hydrogen (secondary N) is 1. The summed E-state index contributed by atoms with van der Waals surface area (Å²) in [7, 11) is 0. The summed E-state index contributed by atoms with van der Waals surface area (Å²) in [5, 5.41) is 12.9. The molecule has 2 rings (SSSR count). The fourth-order valence-electron chi connectivity index (χ4n) is 1.81. The predicted octanol–water partition coefficient (Wildman–Crippen LogP) is 4.85. The molecule has 0 atom stereocenters. The van der Waals surface area contributed by atoms with E-state index < -0.39 is 5.91 Å². The summed E-state index contributed by atoms with van der Waals surface area (Å²) < 4.78 is 0. The molecule has 3 nitrogen and oxygen atoms in total. The van der Waals surface area contributed by atoms with Crippen LogP contribution in [0.5, 0.6) is 0 Å². The van der Waals surface area contributed by atoms with Crippen LogP contribution in [-0.4, -0.2) is 5.91 Å². The number of amides is 1. The average molecular weight is 331 g/mol. The second-order valence-electron chi connectivity index (χ2n) is 4.60.